The number of nitrogens with one attached hydrogen (secondary N) is 5. The Bertz CT molecular complexity index is 1580. The molecular weight excluding hydrogens is 931 g/mol. The minimum atomic E-state index is -0.557. The summed E-state index contributed by atoms with van der Waals surface area (Å²) in [7, 11) is 0. The number of hydrogen-bond donors (Lipinski definition) is 5. The Kier molecular flexibility index (Phi) is 33.8. The van der Waals surface area contributed by atoms with Crippen LogP contribution in [0.15, 0.2) is 0 Å². The highest BCUT2D eigenvalue weighted by Crippen LogP contribution is 2.14. The molecule has 1 heterocycles. The molecule has 5 amide bonds. The number of ether oxygens (including phenoxy) is 4. The van der Waals surface area contributed by atoms with Crippen molar-refractivity contribution in [3.05, 3.63) is 0 Å². The lowest BCUT2D eigenvalue weighted by molar-refractivity contribution is -0.121. The van der Waals surface area contributed by atoms with Gasteiger partial charge in [0.25, 0.3) is 0 Å². The summed E-state index contributed by atoms with van der Waals surface area (Å²) in [5.74, 6) is 2.66. The van der Waals surface area contributed by atoms with Gasteiger partial charge in [0.05, 0.1) is 0 Å². The van der Waals surface area contributed by atoms with E-state index in [4.69, 9.17) is 25.4 Å². The van der Waals surface area contributed by atoms with Gasteiger partial charge in [0, 0.05) is 97.4 Å². The molecule has 1 aliphatic rings. The van der Waals surface area contributed by atoms with Crippen molar-refractivity contribution in [2.75, 3.05) is 105 Å². The number of amides is 5. The summed E-state index contributed by atoms with van der Waals surface area (Å²) in [6, 6.07) is 0.0384. The molecule has 0 spiro atoms. The summed E-state index contributed by atoms with van der Waals surface area (Å²) in [6.07, 6.45) is 16.6. The van der Waals surface area contributed by atoms with Crippen molar-refractivity contribution in [2.24, 2.45) is 0 Å². The average Bonchev–Trinajstić information content (AvgIpc) is 3.25. The van der Waals surface area contributed by atoms with Gasteiger partial charge in [0.15, 0.2) is 0 Å². The number of terminal acetylenes is 1. The van der Waals surface area contributed by atoms with Gasteiger partial charge in [-0.2, -0.15) is 0 Å². The smallest absolute Gasteiger partial charge is 0.407 e. The van der Waals surface area contributed by atoms with Gasteiger partial charge < -0.3 is 60.2 Å². The highest BCUT2D eigenvalue weighted by molar-refractivity contribution is 5.75. The largest absolute Gasteiger partial charge is 0.444 e. The molecular formula is C55H105N9O9. The van der Waals surface area contributed by atoms with E-state index in [1.165, 1.54) is 0 Å². The number of alkyl carbamates (subject to hydrolysis) is 4. The van der Waals surface area contributed by atoms with Crippen LogP contribution in [0.4, 0.5) is 19.2 Å². The van der Waals surface area contributed by atoms with Gasteiger partial charge in [-0.05, 0) is 167 Å². The Morgan fingerprint density at radius 1 is 0.438 bits per heavy atom. The molecule has 0 bridgehead atoms. The van der Waals surface area contributed by atoms with Crippen molar-refractivity contribution >= 4 is 30.3 Å². The second-order valence-corrected chi connectivity index (χ2v) is 23.5. The zero-order valence-corrected chi connectivity index (χ0v) is 48.0. The quantitative estimate of drug-likeness (QED) is 0.0273. The zero-order chi connectivity index (χ0) is 54.8. The molecule has 424 valence electrons. The highest BCUT2D eigenvalue weighted by atomic mass is 16.6. The number of rotatable bonds is 29. The Morgan fingerprint density at radius 2 is 0.767 bits per heavy atom. The minimum absolute atomic E-state index is 0.00817. The molecule has 73 heavy (non-hydrogen) atoms. The lowest BCUT2D eigenvalue weighted by Gasteiger charge is -2.39. The van der Waals surface area contributed by atoms with Crippen molar-refractivity contribution in [3.8, 4) is 12.3 Å². The summed E-state index contributed by atoms with van der Waals surface area (Å²) >= 11 is 0. The molecule has 0 aromatic heterocycles. The van der Waals surface area contributed by atoms with Crippen LogP contribution in [0.5, 0.6) is 0 Å². The van der Waals surface area contributed by atoms with E-state index in [9.17, 15) is 24.0 Å². The van der Waals surface area contributed by atoms with E-state index in [-0.39, 0.29) is 24.1 Å². The number of carbonyl (C=O) groups excluding carboxylic acids is 5. The van der Waals surface area contributed by atoms with Crippen molar-refractivity contribution in [1.29, 1.82) is 0 Å². The second kappa shape index (κ2) is 36.8. The molecule has 0 aromatic rings. The normalized spacial score (nSPS) is 16.2. The van der Waals surface area contributed by atoms with Crippen LogP contribution >= 0.6 is 0 Å². The third-order valence-corrected chi connectivity index (χ3v) is 11.7. The van der Waals surface area contributed by atoms with Gasteiger partial charge in [-0.25, -0.2) is 19.2 Å². The molecule has 0 saturated carbocycles. The van der Waals surface area contributed by atoms with E-state index in [2.05, 4.69) is 52.1 Å². The molecule has 1 unspecified atom stereocenters. The van der Waals surface area contributed by atoms with Crippen LogP contribution in [-0.2, 0) is 23.7 Å². The van der Waals surface area contributed by atoms with E-state index >= 15 is 0 Å². The number of hydrogen-bond acceptors (Lipinski definition) is 13. The van der Waals surface area contributed by atoms with Gasteiger partial charge in [-0.1, -0.05) is 25.7 Å². The SMILES string of the molecule is C#CCCCC(=O)NCC1CN(CCCCCNC(=O)OC(C)(C)C)CCN(CCCCCNC(=O)OC(C)(C)C)CCN(CCCCCNC(=O)OC(C)(C)C)CCN1CCCCCNC(=O)OC(C)(C)C. The van der Waals surface area contributed by atoms with Gasteiger partial charge in [0.2, 0.25) is 5.91 Å². The Hall–Kier alpha value is -4.05. The third kappa shape index (κ3) is 41.0. The summed E-state index contributed by atoms with van der Waals surface area (Å²) in [4.78, 5) is 72.8. The molecule has 0 aliphatic carbocycles. The molecule has 0 aromatic carbocycles. The molecule has 1 atom stereocenters. The topological polar surface area (TPSA) is 195 Å². The number of carbonyl (C=O) groups is 5. The third-order valence-electron chi connectivity index (χ3n) is 11.7. The summed E-state index contributed by atoms with van der Waals surface area (Å²) in [5, 5.41) is 14.9. The van der Waals surface area contributed by atoms with Crippen LogP contribution in [-0.4, -0.2) is 183 Å². The minimum Gasteiger partial charge on any atom is -0.444 e. The fourth-order valence-corrected chi connectivity index (χ4v) is 8.10. The Labute approximate surface area is 442 Å². The number of nitrogens with zero attached hydrogens (tertiary/aromatic N) is 4. The van der Waals surface area contributed by atoms with Crippen molar-refractivity contribution < 1.29 is 42.9 Å². The van der Waals surface area contributed by atoms with E-state index in [1.807, 2.05) is 83.1 Å². The predicted octanol–water partition coefficient (Wildman–Crippen LogP) is 8.28. The predicted molar refractivity (Wildman–Crippen MR) is 293 cm³/mol. The molecule has 1 fully saturated rings. The molecule has 18 nitrogen and oxygen atoms in total. The Morgan fingerprint density at radius 3 is 1.12 bits per heavy atom. The number of unbranched alkanes of at least 4 members (excludes halogenated alkanes) is 9. The summed E-state index contributed by atoms with van der Waals surface area (Å²) in [6.45, 7) is 34.7. The molecule has 1 rings (SSSR count). The first-order valence-corrected chi connectivity index (χ1v) is 27.7. The van der Waals surface area contributed by atoms with Gasteiger partial charge in [0.1, 0.15) is 22.4 Å². The van der Waals surface area contributed by atoms with Crippen LogP contribution in [0.25, 0.3) is 0 Å². The van der Waals surface area contributed by atoms with Gasteiger partial charge in [-0.15, -0.1) is 12.3 Å². The molecule has 1 saturated heterocycles. The second-order valence-electron chi connectivity index (χ2n) is 23.5. The highest BCUT2D eigenvalue weighted by Gasteiger charge is 2.26. The van der Waals surface area contributed by atoms with Crippen molar-refractivity contribution in [2.45, 2.75) is 208 Å². The van der Waals surface area contributed by atoms with Crippen LogP contribution in [0, 0.1) is 12.3 Å². The molecule has 1 aliphatic heterocycles. The van der Waals surface area contributed by atoms with Crippen LogP contribution in [0.1, 0.15) is 179 Å². The lowest BCUT2D eigenvalue weighted by Crippen LogP contribution is -2.54. The first-order valence-electron chi connectivity index (χ1n) is 27.7. The van der Waals surface area contributed by atoms with E-state index in [0.29, 0.717) is 52.0 Å². The molecule has 18 heteroatoms. The maximum atomic E-state index is 13.3. The maximum Gasteiger partial charge on any atom is 0.407 e. The van der Waals surface area contributed by atoms with Crippen molar-refractivity contribution in [3.63, 3.8) is 0 Å². The van der Waals surface area contributed by atoms with Crippen molar-refractivity contribution in [1.82, 2.24) is 46.2 Å². The van der Waals surface area contributed by atoms with Gasteiger partial charge in [-0.3, -0.25) is 9.69 Å². The lowest BCUT2D eigenvalue weighted by atomic mass is 10.1. The average molecular weight is 1040 g/mol. The Balaban J connectivity index is 3.36. The zero-order valence-electron chi connectivity index (χ0n) is 48.0. The monoisotopic (exact) mass is 1040 g/mol. The fraction of sp³-hybridized carbons (Fsp3) is 0.873. The van der Waals surface area contributed by atoms with Crippen LogP contribution < -0.4 is 26.6 Å². The maximum absolute atomic E-state index is 13.3. The first kappa shape index (κ1) is 67.0. The van der Waals surface area contributed by atoms with Crippen LogP contribution in [0.3, 0.4) is 0 Å². The van der Waals surface area contributed by atoms with E-state index < -0.39 is 34.6 Å². The van der Waals surface area contributed by atoms with Crippen LogP contribution in [0.2, 0.25) is 0 Å². The van der Waals surface area contributed by atoms with E-state index in [0.717, 1.165) is 149 Å². The van der Waals surface area contributed by atoms with E-state index in [1.54, 1.807) is 0 Å². The van der Waals surface area contributed by atoms with Gasteiger partial charge >= 0.3 is 24.4 Å². The fourth-order valence-electron chi connectivity index (χ4n) is 8.10. The summed E-state index contributed by atoms with van der Waals surface area (Å²) in [5.41, 5.74) is -2.19. The summed E-state index contributed by atoms with van der Waals surface area (Å²) < 4.78 is 21.7. The first-order chi connectivity index (χ1) is 34.2. The molecule has 0 radical (unpaired) electrons. The molecule has 5 N–H and O–H groups in total. The standard InChI is InChI=1S/C55H105N9O9/c1-14-15-20-29-47(65)60-44-46-45-63(36-27-18-23-32-58-50(68)72-54(8,9)10)41-40-61(34-25-16-21-30-56-48(66)70-52(2,3)4)38-39-62(35-26-17-22-31-57-49(67)71-53(5,6)7)42-43-64(46)37-28-19-24-33-59-51(69)73-55(11,12)13/h1,46H,15-45H2,2-13H3,(H,56,66)(H,57,67)(H,58,68)(H,59,69)(H,60,65).